The van der Waals surface area contributed by atoms with Crippen molar-refractivity contribution in [2.45, 2.75) is 38.6 Å². The third kappa shape index (κ3) is 5.48. The van der Waals surface area contributed by atoms with Crippen LogP contribution in [0.4, 0.5) is 0 Å². The second kappa shape index (κ2) is 10.6. The van der Waals surface area contributed by atoms with Crippen molar-refractivity contribution in [2.75, 3.05) is 13.1 Å². The van der Waals surface area contributed by atoms with Gasteiger partial charge in [-0.2, -0.15) is 0 Å². The Balaban J connectivity index is 2.20. The first-order valence-electron chi connectivity index (χ1n) is 10.4. The maximum absolute atomic E-state index is 13.3. The number of nitrogens with zero attached hydrogens (tertiary/aromatic N) is 4. The standard InChI is InChI=1S/C20H22Cl2N6O5S2/c1-5-28(6-2)20(30)14-15(34-19(24-14)18-26-25-17(33-18)16(23)29)10-7-8-11(13(22)12(10)21)35(31,32)27-9(3)4/h7-9,27H,5-6H2,1-4H3,(H2,23,29). The first-order chi connectivity index (χ1) is 16.4. The van der Waals surface area contributed by atoms with Crippen molar-refractivity contribution >= 4 is 56.4 Å². The van der Waals surface area contributed by atoms with Crippen LogP contribution >= 0.6 is 34.5 Å². The molecule has 0 aliphatic carbocycles. The quantitative estimate of drug-likeness (QED) is 0.402. The maximum atomic E-state index is 13.3. The highest BCUT2D eigenvalue weighted by Gasteiger charge is 2.29. The summed E-state index contributed by atoms with van der Waals surface area (Å²) in [6, 6.07) is 2.38. The number of hydrogen-bond donors (Lipinski definition) is 2. The second-order valence-corrected chi connectivity index (χ2v) is 10.9. The number of thiazole rings is 1. The number of hydrogen-bond acceptors (Lipinski definition) is 9. The Bertz CT molecular complexity index is 1380. The van der Waals surface area contributed by atoms with Gasteiger partial charge in [0.1, 0.15) is 10.6 Å². The topological polar surface area (TPSA) is 161 Å². The van der Waals surface area contributed by atoms with Gasteiger partial charge in [0, 0.05) is 24.7 Å². The minimum atomic E-state index is -3.93. The molecule has 15 heteroatoms. The van der Waals surface area contributed by atoms with E-state index in [4.69, 9.17) is 33.4 Å². The van der Waals surface area contributed by atoms with Crippen LogP contribution in [-0.4, -0.2) is 59.4 Å². The van der Waals surface area contributed by atoms with Crippen molar-refractivity contribution in [3.05, 3.63) is 33.8 Å². The Morgan fingerprint density at radius 3 is 2.37 bits per heavy atom. The smallest absolute Gasteiger partial charge is 0.306 e. The summed E-state index contributed by atoms with van der Waals surface area (Å²) in [5, 5.41) is 7.20. The molecular formula is C20H22Cl2N6O5S2. The third-order valence-electron chi connectivity index (χ3n) is 4.67. The molecule has 2 amide bonds. The highest BCUT2D eigenvalue weighted by molar-refractivity contribution is 7.89. The zero-order valence-corrected chi connectivity index (χ0v) is 22.3. The van der Waals surface area contributed by atoms with Gasteiger partial charge in [0.2, 0.25) is 10.0 Å². The van der Waals surface area contributed by atoms with Gasteiger partial charge in [-0.3, -0.25) is 9.59 Å². The van der Waals surface area contributed by atoms with Gasteiger partial charge in [-0.1, -0.05) is 29.3 Å². The molecule has 3 N–H and O–H groups in total. The van der Waals surface area contributed by atoms with Gasteiger partial charge < -0.3 is 15.1 Å². The molecule has 11 nitrogen and oxygen atoms in total. The van der Waals surface area contributed by atoms with Crippen LogP contribution in [-0.2, 0) is 10.0 Å². The molecule has 0 radical (unpaired) electrons. The molecule has 0 bridgehead atoms. The zero-order chi connectivity index (χ0) is 26.1. The Morgan fingerprint density at radius 2 is 1.83 bits per heavy atom. The fraction of sp³-hybridized carbons (Fsp3) is 0.350. The molecule has 0 aliphatic heterocycles. The number of carbonyl (C=O) groups is 2. The number of nitrogens with two attached hydrogens (primary N) is 1. The van der Waals surface area contributed by atoms with E-state index in [9.17, 15) is 18.0 Å². The van der Waals surface area contributed by atoms with Gasteiger partial charge in [0.15, 0.2) is 5.01 Å². The largest absolute Gasteiger partial charge is 0.410 e. The molecule has 188 valence electrons. The summed E-state index contributed by atoms with van der Waals surface area (Å²) in [6.07, 6.45) is 0. The molecule has 1 aromatic carbocycles. The van der Waals surface area contributed by atoms with Crippen LogP contribution in [0.2, 0.25) is 10.0 Å². The fourth-order valence-electron chi connectivity index (χ4n) is 3.10. The summed E-state index contributed by atoms with van der Waals surface area (Å²) < 4.78 is 33.0. The Hall–Kier alpha value is -2.58. The van der Waals surface area contributed by atoms with Gasteiger partial charge in [-0.25, -0.2) is 18.1 Å². The summed E-state index contributed by atoms with van der Waals surface area (Å²) in [5.41, 5.74) is 5.49. The van der Waals surface area contributed by atoms with Crippen LogP contribution in [0.3, 0.4) is 0 Å². The average molecular weight is 561 g/mol. The molecule has 3 rings (SSSR count). The summed E-state index contributed by atoms with van der Waals surface area (Å²) >= 11 is 13.9. The summed E-state index contributed by atoms with van der Waals surface area (Å²) in [5.74, 6) is -1.85. The highest BCUT2D eigenvalue weighted by Crippen LogP contribution is 2.43. The average Bonchev–Trinajstić information content (AvgIpc) is 3.43. The number of benzene rings is 1. The number of rotatable bonds is 9. The molecule has 0 spiro atoms. The lowest BCUT2D eigenvalue weighted by Crippen LogP contribution is -2.31. The molecule has 0 aliphatic rings. The minimum absolute atomic E-state index is 0.0291. The van der Waals surface area contributed by atoms with E-state index in [2.05, 4.69) is 19.9 Å². The minimum Gasteiger partial charge on any atom is -0.410 e. The van der Waals surface area contributed by atoms with Gasteiger partial charge in [-0.05, 0) is 33.8 Å². The first kappa shape index (κ1) is 27.0. The summed E-state index contributed by atoms with van der Waals surface area (Å²) in [4.78, 5) is 30.6. The van der Waals surface area contributed by atoms with Crippen molar-refractivity contribution in [1.29, 1.82) is 0 Å². The van der Waals surface area contributed by atoms with Crippen molar-refractivity contribution in [2.24, 2.45) is 5.73 Å². The Morgan fingerprint density at radius 1 is 1.17 bits per heavy atom. The van der Waals surface area contributed by atoms with Crippen molar-refractivity contribution in [3.8, 4) is 21.3 Å². The van der Waals surface area contributed by atoms with Crippen LogP contribution < -0.4 is 10.5 Å². The molecule has 3 aromatic rings. The predicted molar refractivity (Wildman–Crippen MR) is 132 cm³/mol. The van der Waals surface area contributed by atoms with E-state index in [-0.39, 0.29) is 43.1 Å². The van der Waals surface area contributed by atoms with Gasteiger partial charge >= 0.3 is 11.8 Å². The van der Waals surface area contributed by atoms with Crippen LogP contribution in [0.25, 0.3) is 21.3 Å². The predicted octanol–water partition coefficient (Wildman–Crippen LogP) is 3.43. The summed E-state index contributed by atoms with van der Waals surface area (Å²) in [6.45, 7) is 7.81. The molecule has 0 saturated heterocycles. The lowest BCUT2D eigenvalue weighted by molar-refractivity contribution is 0.0768. The number of primary amides is 1. The molecule has 0 saturated carbocycles. The van der Waals surface area contributed by atoms with E-state index >= 15 is 0 Å². The summed E-state index contributed by atoms with van der Waals surface area (Å²) in [7, 11) is -3.93. The monoisotopic (exact) mass is 560 g/mol. The van der Waals surface area contributed by atoms with E-state index < -0.39 is 27.7 Å². The van der Waals surface area contributed by atoms with Crippen molar-refractivity contribution < 1.29 is 22.4 Å². The fourth-order valence-corrected chi connectivity index (χ4v) is 6.28. The third-order valence-corrected chi connectivity index (χ3v) is 8.44. The number of carbonyl (C=O) groups excluding carboxylic acids is 2. The number of halogens is 2. The lowest BCUT2D eigenvalue weighted by atomic mass is 10.1. The van der Waals surface area contributed by atoms with Gasteiger partial charge in [0.05, 0.1) is 14.9 Å². The zero-order valence-electron chi connectivity index (χ0n) is 19.1. The SMILES string of the molecule is CCN(CC)C(=O)c1nc(-c2nnc(C(N)=O)o2)sc1-c1ccc(S(=O)(=O)NC(C)C)c(Cl)c1Cl. The molecule has 2 heterocycles. The van der Waals surface area contributed by atoms with Crippen LogP contribution in [0, 0.1) is 0 Å². The van der Waals surface area contributed by atoms with E-state index in [0.717, 1.165) is 11.3 Å². The number of nitrogens with one attached hydrogen (secondary N) is 1. The van der Waals surface area contributed by atoms with E-state index in [1.54, 1.807) is 18.7 Å². The highest BCUT2D eigenvalue weighted by atomic mass is 35.5. The molecule has 2 aromatic heterocycles. The van der Waals surface area contributed by atoms with Gasteiger partial charge in [-0.15, -0.1) is 21.5 Å². The number of sulfonamides is 1. The Kier molecular flexibility index (Phi) is 8.17. The molecule has 35 heavy (non-hydrogen) atoms. The van der Waals surface area contributed by atoms with Crippen molar-refractivity contribution in [3.63, 3.8) is 0 Å². The van der Waals surface area contributed by atoms with E-state index in [1.807, 2.05) is 13.8 Å². The molecule has 0 unspecified atom stereocenters. The molecule has 0 fully saturated rings. The Labute approximate surface area is 215 Å². The van der Waals surface area contributed by atoms with E-state index in [0.29, 0.717) is 18.0 Å². The molecule has 0 atom stereocenters. The van der Waals surface area contributed by atoms with Crippen LogP contribution in [0.1, 0.15) is 48.9 Å². The first-order valence-corrected chi connectivity index (χ1v) is 13.4. The number of amides is 2. The maximum Gasteiger partial charge on any atom is 0.306 e. The lowest BCUT2D eigenvalue weighted by Gasteiger charge is -2.18. The van der Waals surface area contributed by atoms with Gasteiger partial charge in [0.25, 0.3) is 11.8 Å². The second-order valence-electron chi connectivity index (χ2n) is 7.47. The van der Waals surface area contributed by atoms with Crippen LogP contribution in [0.5, 0.6) is 0 Å². The molecular weight excluding hydrogens is 539 g/mol. The van der Waals surface area contributed by atoms with Crippen molar-refractivity contribution in [1.82, 2.24) is 24.8 Å². The normalized spacial score (nSPS) is 11.7. The number of aromatic nitrogens is 3. The van der Waals surface area contributed by atoms with E-state index in [1.165, 1.54) is 12.1 Å². The van der Waals surface area contributed by atoms with Crippen LogP contribution in [0.15, 0.2) is 21.4 Å².